The van der Waals surface area contributed by atoms with E-state index in [9.17, 15) is 10.1 Å². The van der Waals surface area contributed by atoms with Crippen molar-refractivity contribution in [2.24, 2.45) is 5.73 Å². The lowest BCUT2D eigenvalue weighted by atomic mass is 10.1. The van der Waals surface area contributed by atoms with E-state index in [4.69, 9.17) is 17.3 Å². The SMILES string of the molecule is C[C@@H](N)c1cc([N+](=O)[O-])ccc1Cl.Cl. The van der Waals surface area contributed by atoms with Gasteiger partial charge in [0.2, 0.25) is 0 Å². The number of nitro benzene ring substituents is 1. The quantitative estimate of drug-likeness (QED) is 0.634. The van der Waals surface area contributed by atoms with Crippen molar-refractivity contribution in [1.29, 1.82) is 0 Å². The van der Waals surface area contributed by atoms with E-state index in [2.05, 4.69) is 0 Å². The summed E-state index contributed by atoms with van der Waals surface area (Å²) in [4.78, 5) is 9.94. The van der Waals surface area contributed by atoms with Gasteiger partial charge in [-0.3, -0.25) is 10.1 Å². The third kappa shape index (κ3) is 2.83. The molecule has 0 heterocycles. The molecule has 0 saturated carbocycles. The first-order valence-electron chi connectivity index (χ1n) is 3.72. The number of benzene rings is 1. The van der Waals surface area contributed by atoms with Gasteiger partial charge >= 0.3 is 0 Å². The zero-order chi connectivity index (χ0) is 10.0. The van der Waals surface area contributed by atoms with Gasteiger partial charge in [0.15, 0.2) is 0 Å². The van der Waals surface area contributed by atoms with Crippen LogP contribution in [0.5, 0.6) is 0 Å². The van der Waals surface area contributed by atoms with Gasteiger partial charge in [0.25, 0.3) is 5.69 Å². The topological polar surface area (TPSA) is 69.2 Å². The summed E-state index contributed by atoms with van der Waals surface area (Å²) in [6, 6.07) is 3.94. The first-order chi connectivity index (χ1) is 6.02. The van der Waals surface area contributed by atoms with E-state index < -0.39 is 4.92 Å². The van der Waals surface area contributed by atoms with Crippen LogP contribution in [0.1, 0.15) is 18.5 Å². The Kier molecular flexibility index (Phi) is 4.83. The fraction of sp³-hybridized carbons (Fsp3) is 0.250. The summed E-state index contributed by atoms with van der Waals surface area (Å²) >= 11 is 5.79. The van der Waals surface area contributed by atoms with Gasteiger partial charge in [-0.05, 0) is 18.6 Å². The largest absolute Gasteiger partial charge is 0.324 e. The second kappa shape index (κ2) is 5.14. The molecule has 0 amide bonds. The van der Waals surface area contributed by atoms with Crippen molar-refractivity contribution >= 4 is 29.7 Å². The van der Waals surface area contributed by atoms with E-state index in [-0.39, 0.29) is 24.1 Å². The first-order valence-corrected chi connectivity index (χ1v) is 4.09. The molecule has 0 radical (unpaired) electrons. The molecule has 0 bridgehead atoms. The number of nitro groups is 1. The molecular formula is C8H10Cl2N2O2. The van der Waals surface area contributed by atoms with E-state index in [1.54, 1.807) is 6.92 Å². The molecule has 0 aromatic heterocycles. The van der Waals surface area contributed by atoms with E-state index in [0.717, 1.165) is 0 Å². The summed E-state index contributed by atoms with van der Waals surface area (Å²) in [7, 11) is 0. The highest BCUT2D eigenvalue weighted by Gasteiger charge is 2.11. The number of halogens is 2. The van der Waals surface area contributed by atoms with Crippen molar-refractivity contribution in [3.8, 4) is 0 Å². The van der Waals surface area contributed by atoms with Crippen LogP contribution >= 0.6 is 24.0 Å². The molecule has 1 aromatic rings. The maximum atomic E-state index is 10.4. The number of hydrogen-bond acceptors (Lipinski definition) is 3. The molecule has 1 atom stereocenters. The summed E-state index contributed by atoms with van der Waals surface area (Å²) in [6.07, 6.45) is 0. The van der Waals surface area contributed by atoms with E-state index in [1.165, 1.54) is 18.2 Å². The zero-order valence-electron chi connectivity index (χ0n) is 7.44. The fourth-order valence-corrected chi connectivity index (χ4v) is 1.28. The minimum Gasteiger partial charge on any atom is -0.324 e. The third-order valence-corrected chi connectivity index (χ3v) is 2.03. The van der Waals surface area contributed by atoms with E-state index in [0.29, 0.717) is 10.6 Å². The first kappa shape index (κ1) is 13.2. The summed E-state index contributed by atoms with van der Waals surface area (Å²) in [6.45, 7) is 1.73. The number of nitrogens with zero attached hydrogens (tertiary/aromatic N) is 1. The maximum absolute atomic E-state index is 10.4. The molecule has 4 nitrogen and oxygen atoms in total. The lowest BCUT2D eigenvalue weighted by Crippen LogP contribution is -2.06. The zero-order valence-corrected chi connectivity index (χ0v) is 9.01. The summed E-state index contributed by atoms with van der Waals surface area (Å²) in [5.74, 6) is 0. The Morgan fingerprint density at radius 3 is 2.57 bits per heavy atom. The molecule has 0 aliphatic heterocycles. The van der Waals surface area contributed by atoms with Gasteiger partial charge in [0.05, 0.1) is 4.92 Å². The Morgan fingerprint density at radius 2 is 2.14 bits per heavy atom. The van der Waals surface area contributed by atoms with Crippen LogP contribution in [0.4, 0.5) is 5.69 Å². The van der Waals surface area contributed by atoms with Crippen LogP contribution in [-0.2, 0) is 0 Å². The minimum absolute atomic E-state index is 0. The van der Waals surface area contributed by atoms with Crippen LogP contribution in [0.25, 0.3) is 0 Å². The van der Waals surface area contributed by atoms with E-state index in [1.807, 2.05) is 0 Å². The Bertz CT molecular complexity index is 342. The van der Waals surface area contributed by atoms with E-state index >= 15 is 0 Å². The van der Waals surface area contributed by atoms with Gasteiger partial charge in [-0.25, -0.2) is 0 Å². The highest BCUT2D eigenvalue weighted by Crippen LogP contribution is 2.25. The van der Waals surface area contributed by atoms with Crippen LogP contribution in [0.15, 0.2) is 18.2 Å². The number of hydrogen-bond donors (Lipinski definition) is 1. The Balaban J connectivity index is 0.00000169. The molecule has 0 saturated heterocycles. The highest BCUT2D eigenvalue weighted by atomic mass is 35.5. The fourth-order valence-electron chi connectivity index (χ4n) is 0.994. The van der Waals surface area contributed by atoms with Crippen LogP contribution in [0, 0.1) is 10.1 Å². The molecular weight excluding hydrogens is 227 g/mol. The number of rotatable bonds is 2. The molecule has 1 aromatic carbocycles. The molecule has 0 unspecified atom stereocenters. The van der Waals surface area contributed by atoms with Crippen molar-refractivity contribution in [2.45, 2.75) is 13.0 Å². The van der Waals surface area contributed by atoms with Crippen molar-refractivity contribution < 1.29 is 4.92 Å². The maximum Gasteiger partial charge on any atom is 0.269 e. The van der Waals surface area contributed by atoms with Crippen molar-refractivity contribution in [3.05, 3.63) is 38.9 Å². The van der Waals surface area contributed by atoms with Crippen molar-refractivity contribution in [1.82, 2.24) is 0 Å². The normalized spacial score (nSPS) is 11.6. The molecule has 1 rings (SSSR count). The number of non-ortho nitro benzene ring substituents is 1. The predicted octanol–water partition coefficient (Wildman–Crippen LogP) is 2.69. The van der Waals surface area contributed by atoms with Gasteiger partial charge in [0.1, 0.15) is 0 Å². The van der Waals surface area contributed by atoms with Gasteiger partial charge < -0.3 is 5.73 Å². The third-order valence-electron chi connectivity index (χ3n) is 1.68. The van der Waals surface area contributed by atoms with Crippen LogP contribution in [0.3, 0.4) is 0 Å². The molecule has 14 heavy (non-hydrogen) atoms. The average molecular weight is 237 g/mol. The van der Waals surface area contributed by atoms with Crippen molar-refractivity contribution in [2.75, 3.05) is 0 Å². The summed E-state index contributed by atoms with van der Waals surface area (Å²) in [5.41, 5.74) is 6.18. The second-order valence-corrected chi connectivity index (χ2v) is 3.16. The summed E-state index contributed by atoms with van der Waals surface area (Å²) < 4.78 is 0. The Morgan fingerprint density at radius 1 is 1.57 bits per heavy atom. The highest BCUT2D eigenvalue weighted by molar-refractivity contribution is 6.31. The molecule has 6 heteroatoms. The Labute approximate surface area is 92.6 Å². The standard InChI is InChI=1S/C8H9ClN2O2.ClH/c1-5(10)7-4-6(11(12)13)2-3-8(7)9;/h2-5H,10H2,1H3;1H/t5-;/m1./s1. The monoisotopic (exact) mass is 236 g/mol. The lowest BCUT2D eigenvalue weighted by Gasteiger charge is -2.06. The van der Waals surface area contributed by atoms with Gasteiger partial charge in [-0.15, -0.1) is 12.4 Å². The molecule has 2 N–H and O–H groups in total. The number of nitrogens with two attached hydrogens (primary N) is 1. The minimum atomic E-state index is -0.470. The summed E-state index contributed by atoms with van der Waals surface area (Å²) in [5, 5.41) is 10.9. The predicted molar refractivity (Wildman–Crippen MR) is 58.0 cm³/mol. The second-order valence-electron chi connectivity index (χ2n) is 2.75. The smallest absolute Gasteiger partial charge is 0.269 e. The van der Waals surface area contributed by atoms with Crippen LogP contribution in [0.2, 0.25) is 5.02 Å². The molecule has 0 spiro atoms. The molecule has 0 fully saturated rings. The molecule has 78 valence electrons. The molecule has 0 aliphatic rings. The van der Waals surface area contributed by atoms with Crippen molar-refractivity contribution in [3.63, 3.8) is 0 Å². The van der Waals surface area contributed by atoms with Crippen LogP contribution < -0.4 is 5.73 Å². The van der Waals surface area contributed by atoms with Gasteiger partial charge in [-0.2, -0.15) is 0 Å². The van der Waals surface area contributed by atoms with Gasteiger partial charge in [0, 0.05) is 23.2 Å². The lowest BCUT2D eigenvalue weighted by molar-refractivity contribution is -0.384. The van der Waals surface area contributed by atoms with Gasteiger partial charge in [-0.1, -0.05) is 11.6 Å². The average Bonchev–Trinajstić information content (AvgIpc) is 2.04. The molecule has 0 aliphatic carbocycles. The van der Waals surface area contributed by atoms with Crippen LogP contribution in [-0.4, -0.2) is 4.92 Å². The Hall–Kier alpha value is -0.840.